The van der Waals surface area contributed by atoms with Gasteiger partial charge in [-0.1, -0.05) is 13.8 Å². The van der Waals surface area contributed by atoms with Crippen molar-refractivity contribution < 1.29 is 0 Å². The van der Waals surface area contributed by atoms with Crippen molar-refractivity contribution in [3.05, 3.63) is 0 Å². The summed E-state index contributed by atoms with van der Waals surface area (Å²) in [5, 5.41) is 0. The molecule has 0 spiro atoms. The first-order chi connectivity index (χ1) is 6.27. The van der Waals surface area contributed by atoms with Gasteiger partial charge in [-0.15, -0.1) is 0 Å². The third kappa shape index (κ3) is 1.50. The molecule has 0 aromatic heterocycles. The second kappa shape index (κ2) is 2.75. The molecular formula is C13H25N. The Morgan fingerprint density at radius 3 is 2.00 bits per heavy atom. The van der Waals surface area contributed by atoms with Crippen molar-refractivity contribution in [2.45, 2.75) is 65.3 Å². The molecule has 0 aliphatic heterocycles. The van der Waals surface area contributed by atoms with E-state index in [0.29, 0.717) is 10.8 Å². The Morgan fingerprint density at radius 2 is 1.71 bits per heavy atom. The summed E-state index contributed by atoms with van der Waals surface area (Å²) in [5.41, 5.74) is 7.46. The number of rotatable bonds is 2. The molecule has 0 aromatic carbocycles. The molecule has 0 saturated heterocycles. The number of hydrogen-bond acceptors (Lipinski definition) is 1. The highest BCUT2D eigenvalue weighted by Gasteiger charge is 2.59. The van der Waals surface area contributed by atoms with E-state index in [1.165, 1.54) is 32.1 Å². The second-order valence-corrected chi connectivity index (χ2v) is 6.98. The zero-order valence-corrected chi connectivity index (χ0v) is 10.2. The maximum Gasteiger partial charge on any atom is 0.0156 e. The van der Waals surface area contributed by atoms with Crippen LogP contribution in [0.25, 0.3) is 0 Å². The van der Waals surface area contributed by atoms with Crippen molar-refractivity contribution in [1.82, 2.24) is 0 Å². The molecule has 1 nitrogen and oxygen atoms in total. The predicted octanol–water partition coefficient (Wildman–Crippen LogP) is 3.33. The average Bonchev–Trinajstić information content (AvgIpc) is 2.71. The Morgan fingerprint density at radius 1 is 1.14 bits per heavy atom. The molecular weight excluding hydrogens is 170 g/mol. The summed E-state index contributed by atoms with van der Waals surface area (Å²) in [5.74, 6) is 0.900. The molecule has 1 atom stereocenters. The Labute approximate surface area is 88.4 Å². The fourth-order valence-corrected chi connectivity index (χ4v) is 3.62. The van der Waals surface area contributed by atoms with Gasteiger partial charge in [0.25, 0.3) is 0 Å². The first-order valence-electron chi connectivity index (χ1n) is 6.06. The van der Waals surface area contributed by atoms with Crippen LogP contribution in [0.3, 0.4) is 0 Å². The second-order valence-electron chi connectivity index (χ2n) is 6.98. The molecule has 14 heavy (non-hydrogen) atoms. The molecule has 2 saturated carbocycles. The van der Waals surface area contributed by atoms with E-state index in [1.54, 1.807) is 0 Å². The molecule has 2 fully saturated rings. The van der Waals surface area contributed by atoms with Crippen molar-refractivity contribution in [3.63, 3.8) is 0 Å². The van der Waals surface area contributed by atoms with Gasteiger partial charge in [-0.3, -0.25) is 0 Å². The van der Waals surface area contributed by atoms with Crippen LogP contribution in [0.4, 0.5) is 0 Å². The maximum absolute atomic E-state index is 6.34. The summed E-state index contributed by atoms with van der Waals surface area (Å²) in [7, 11) is 0. The molecule has 0 bridgehead atoms. The first kappa shape index (κ1) is 10.5. The van der Waals surface area contributed by atoms with E-state index < -0.39 is 0 Å². The topological polar surface area (TPSA) is 26.0 Å². The zero-order chi connectivity index (χ0) is 10.6. The summed E-state index contributed by atoms with van der Waals surface area (Å²) in [4.78, 5) is 0. The van der Waals surface area contributed by atoms with Gasteiger partial charge in [0.05, 0.1) is 0 Å². The van der Waals surface area contributed by atoms with E-state index in [1.807, 2.05) is 0 Å². The van der Waals surface area contributed by atoms with Crippen LogP contribution in [0.15, 0.2) is 0 Å². The Bertz CT molecular complexity index is 230. The predicted molar refractivity (Wildman–Crippen MR) is 61.1 cm³/mol. The largest absolute Gasteiger partial charge is 0.325 e. The molecule has 2 rings (SSSR count). The lowest BCUT2D eigenvalue weighted by Crippen LogP contribution is -2.46. The minimum atomic E-state index is 0.0398. The summed E-state index contributed by atoms with van der Waals surface area (Å²) in [6, 6.07) is 0. The van der Waals surface area contributed by atoms with Gasteiger partial charge in [-0.05, 0) is 62.7 Å². The maximum atomic E-state index is 6.34. The Balaban J connectivity index is 2.11. The number of nitrogens with two attached hydrogens (primary N) is 1. The van der Waals surface area contributed by atoms with E-state index in [4.69, 9.17) is 5.73 Å². The van der Waals surface area contributed by atoms with Gasteiger partial charge in [0.1, 0.15) is 0 Å². The van der Waals surface area contributed by atoms with E-state index in [-0.39, 0.29) is 5.54 Å². The molecule has 0 radical (unpaired) electrons. The highest BCUT2D eigenvalue weighted by atomic mass is 14.8. The molecule has 0 heterocycles. The lowest BCUT2D eigenvalue weighted by atomic mass is 9.73. The summed E-state index contributed by atoms with van der Waals surface area (Å²) in [6.45, 7) is 9.27. The molecule has 1 heteroatoms. The van der Waals surface area contributed by atoms with Crippen LogP contribution in [-0.2, 0) is 0 Å². The molecule has 82 valence electrons. The quantitative estimate of drug-likeness (QED) is 0.718. The molecule has 2 aliphatic rings. The van der Waals surface area contributed by atoms with E-state index in [9.17, 15) is 0 Å². The highest BCUT2D eigenvalue weighted by molar-refractivity contribution is 5.12. The minimum Gasteiger partial charge on any atom is -0.325 e. The van der Waals surface area contributed by atoms with Gasteiger partial charge in [0, 0.05) is 5.54 Å². The standard InChI is InChI=1S/C13H25N/c1-11(2)6-5-10(9-11)13(7-8-13)12(3,4)14/h10H,5-9,14H2,1-4H3. The van der Waals surface area contributed by atoms with Crippen molar-refractivity contribution in [3.8, 4) is 0 Å². The molecule has 1 unspecified atom stereocenters. The average molecular weight is 195 g/mol. The first-order valence-corrected chi connectivity index (χ1v) is 6.06. The summed E-state index contributed by atoms with van der Waals surface area (Å²) in [6.07, 6.45) is 6.95. The molecule has 0 aromatic rings. The van der Waals surface area contributed by atoms with Crippen LogP contribution >= 0.6 is 0 Å². The van der Waals surface area contributed by atoms with Gasteiger partial charge in [-0.25, -0.2) is 0 Å². The van der Waals surface area contributed by atoms with E-state index in [0.717, 1.165) is 5.92 Å². The fraction of sp³-hybridized carbons (Fsp3) is 1.00. The monoisotopic (exact) mass is 195 g/mol. The van der Waals surface area contributed by atoms with Crippen LogP contribution in [-0.4, -0.2) is 5.54 Å². The van der Waals surface area contributed by atoms with Crippen LogP contribution in [0.5, 0.6) is 0 Å². The smallest absolute Gasteiger partial charge is 0.0156 e. The van der Waals surface area contributed by atoms with Gasteiger partial charge in [0.15, 0.2) is 0 Å². The van der Waals surface area contributed by atoms with Crippen LogP contribution in [0.2, 0.25) is 0 Å². The Kier molecular flexibility index (Phi) is 2.06. The van der Waals surface area contributed by atoms with Crippen molar-refractivity contribution >= 4 is 0 Å². The highest BCUT2D eigenvalue weighted by Crippen LogP contribution is 2.64. The van der Waals surface area contributed by atoms with Crippen molar-refractivity contribution in [1.29, 1.82) is 0 Å². The van der Waals surface area contributed by atoms with Crippen molar-refractivity contribution in [2.75, 3.05) is 0 Å². The SMILES string of the molecule is CC1(C)CCC(C2(C(C)(C)N)CC2)C1. The van der Waals surface area contributed by atoms with Crippen LogP contribution in [0.1, 0.15) is 59.8 Å². The van der Waals surface area contributed by atoms with E-state index in [2.05, 4.69) is 27.7 Å². The normalized spacial score (nSPS) is 34.5. The van der Waals surface area contributed by atoms with Gasteiger partial charge >= 0.3 is 0 Å². The van der Waals surface area contributed by atoms with Crippen molar-refractivity contribution in [2.24, 2.45) is 22.5 Å². The van der Waals surface area contributed by atoms with Crippen LogP contribution < -0.4 is 5.73 Å². The van der Waals surface area contributed by atoms with Gasteiger partial charge in [0.2, 0.25) is 0 Å². The number of hydrogen-bond donors (Lipinski definition) is 1. The Hall–Kier alpha value is -0.0400. The summed E-state index contributed by atoms with van der Waals surface area (Å²) < 4.78 is 0. The van der Waals surface area contributed by atoms with E-state index >= 15 is 0 Å². The lowest BCUT2D eigenvalue weighted by Gasteiger charge is -2.36. The van der Waals surface area contributed by atoms with Crippen LogP contribution in [0, 0.1) is 16.7 Å². The third-order valence-corrected chi connectivity index (χ3v) is 4.82. The van der Waals surface area contributed by atoms with Gasteiger partial charge < -0.3 is 5.73 Å². The molecule has 2 aliphatic carbocycles. The summed E-state index contributed by atoms with van der Waals surface area (Å²) >= 11 is 0. The minimum absolute atomic E-state index is 0.0398. The fourth-order valence-electron chi connectivity index (χ4n) is 3.62. The molecule has 0 amide bonds. The lowest BCUT2D eigenvalue weighted by molar-refractivity contribution is 0.179. The molecule has 2 N–H and O–H groups in total. The van der Waals surface area contributed by atoms with Gasteiger partial charge in [-0.2, -0.15) is 0 Å². The zero-order valence-electron chi connectivity index (χ0n) is 10.2. The third-order valence-electron chi connectivity index (χ3n) is 4.82.